The molecule has 0 fully saturated rings. The minimum Gasteiger partial charge on any atom is -0.380 e. The van der Waals surface area contributed by atoms with E-state index in [1.165, 1.54) is 0 Å². The summed E-state index contributed by atoms with van der Waals surface area (Å²) in [5.74, 6) is 0. The lowest BCUT2D eigenvalue weighted by Crippen LogP contribution is -2.27. The summed E-state index contributed by atoms with van der Waals surface area (Å²) in [5.41, 5.74) is 0.935. The number of benzene rings is 1. The summed E-state index contributed by atoms with van der Waals surface area (Å²) in [7, 11) is -1.62. The van der Waals surface area contributed by atoms with Crippen LogP contribution in [0.4, 0.5) is 0 Å². The first kappa shape index (κ1) is 15.1. The van der Waals surface area contributed by atoms with Crippen molar-refractivity contribution in [3.63, 3.8) is 0 Å². The van der Waals surface area contributed by atoms with E-state index >= 15 is 0 Å². The Kier molecular flexibility index (Phi) is 6.28. The van der Waals surface area contributed by atoms with Gasteiger partial charge in [-0.2, -0.15) is 0 Å². The summed E-state index contributed by atoms with van der Waals surface area (Å²) in [6.07, 6.45) is 0. The summed E-state index contributed by atoms with van der Waals surface area (Å²) in [5, 5.41) is 2.99. The predicted octanol–water partition coefficient (Wildman–Crippen LogP) is 0.721. The van der Waals surface area contributed by atoms with Crippen LogP contribution in [-0.2, 0) is 21.3 Å². The predicted molar refractivity (Wildman–Crippen MR) is 70.9 cm³/mol. The maximum Gasteiger partial charge on any atom is 0.240 e. The van der Waals surface area contributed by atoms with Gasteiger partial charge in [0.05, 0.1) is 11.5 Å². The second-order valence-corrected chi connectivity index (χ2v) is 5.54. The van der Waals surface area contributed by atoms with Gasteiger partial charge in [0.2, 0.25) is 10.0 Å². The largest absolute Gasteiger partial charge is 0.380 e. The van der Waals surface area contributed by atoms with Gasteiger partial charge in [-0.05, 0) is 31.7 Å². The van der Waals surface area contributed by atoms with Gasteiger partial charge in [0.15, 0.2) is 0 Å². The molecule has 5 nitrogen and oxygen atoms in total. The van der Waals surface area contributed by atoms with Crippen molar-refractivity contribution in [2.45, 2.75) is 18.4 Å². The molecule has 0 heterocycles. The first-order chi connectivity index (χ1) is 8.60. The molecule has 0 aliphatic rings. The van der Waals surface area contributed by atoms with Crippen LogP contribution in [0.2, 0.25) is 0 Å². The topological polar surface area (TPSA) is 67.4 Å². The van der Waals surface area contributed by atoms with Gasteiger partial charge in [-0.3, -0.25) is 0 Å². The molecule has 0 saturated carbocycles. The average Bonchev–Trinajstić information content (AvgIpc) is 2.36. The van der Waals surface area contributed by atoms with E-state index in [1.807, 2.05) is 20.0 Å². The molecule has 0 bridgehead atoms. The van der Waals surface area contributed by atoms with Crippen molar-refractivity contribution in [2.24, 2.45) is 0 Å². The molecule has 0 atom stereocenters. The van der Waals surface area contributed by atoms with Gasteiger partial charge in [0.1, 0.15) is 0 Å². The second kappa shape index (κ2) is 7.48. The van der Waals surface area contributed by atoms with E-state index in [0.29, 0.717) is 19.8 Å². The number of ether oxygens (including phenoxy) is 1. The van der Waals surface area contributed by atoms with E-state index in [1.54, 1.807) is 18.2 Å². The Morgan fingerprint density at radius 3 is 2.78 bits per heavy atom. The minimum atomic E-state index is -3.44. The quantitative estimate of drug-likeness (QED) is 0.684. The van der Waals surface area contributed by atoms with Crippen LogP contribution >= 0.6 is 0 Å². The van der Waals surface area contributed by atoms with Crippen molar-refractivity contribution in [2.75, 3.05) is 26.8 Å². The smallest absolute Gasteiger partial charge is 0.240 e. The van der Waals surface area contributed by atoms with Gasteiger partial charge >= 0.3 is 0 Å². The highest BCUT2D eigenvalue weighted by Gasteiger charge is 2.13. The molecule has 0 spiro atoms. The number of hydrogen-bond acceptors (Lipinski definition) is 4. The van der Waals surface area contributed by atoms with Gasteiger partial charge in [-0.15, -0.1) is 0 Å². The molecular formula is C12H20N2O3S. The molecule has 0 radical (unpaired) electrons. The van der Waals surface area contributed by atoms with Gasteiger partial charge in [0.25, 0.3) is 0 Å². The van der Waals surface area contributed by atoms with Crippen molar-refractivity contribution >= 4 is 10.0 Å². The van der Waals surface area contributed by atoms with E-state index in [9.17, 15) is 8.42 Å². The Hall–Kier alpha value is -0.950. The molecule has 0 unspecified atom stereocenters. The standard InChI is InChI=1S/C12H20N2O3S/c1-3-17-8-7-14-18(15,16)12-6-4-5-11(9-12)10-13-2/h4-6,9,13-14H,3,7-8,10H2,1-2H3. The molecule has 0 aliphatic carbocycles. The molecule has 6 heteroatoms. The highest BCUT2D eigenvalue weighted by molar-refractivity contribution is 7.89. The molecule has 0 saturated heterocycles. The first-order valence-corrected chi connectivity index (χ1v) is 7.39. The molecule has 102 valence electrons. The molecule has 0 aliphatic heterocycles. The van der Waals surface area contributed by atoms with Crippen LogP contribution in [-0.4, -0.2) is 35.2 Å². The molecule has 1 aromatic carbocycles. The van der Waals surface area contributed by atoms with E-state index < -0.39 is 10.0 Å². The lowest BCUT2D eigenvalue weighted by Gasteiger charge is -2.08. The molecule has 2 N–H and O–H groups in total. The fourth-order valence-electron chi connectivity index (χ4n) is 1.50. The molecule has 1 rings (SSSR count). The fourth-order valence-corrected chi connectivity index (χ4v) is 2.59. The first-order valence-electron chi connectivity index (χ1n) is 5.91. The molecule has 0 aromatic heterocycles. The minimum absolute atomic E-state index is 0.284. The van der Waals surface area contributed by atoms with Gasteiger partial charge < -0.3 is 10.1 Å². The zero-order chi connectivity index (χ0) is 13.4. The van der Waals surface area contributed by atoms with Crippen molar-refractivity contribution in [1.29, 1.82) is 0 Å². The third-order valence-corrected chi connectivity index (χ3v) is 3.79. The van der Waals surface area contributed by atoms with Crippen LogP contribution in [0.15, 0.2) is 29.2 Å². The normalized spacial score (nSPS) is 11.7. The van der Waals surface area contributed by atoms with E-state index in [4.69, 9.17) is 4.74 Å². The summed E-state index contributed by atoms with van der Waals surface area (Å²) in [4.78, 5) is 0.284. The van der Waals surface area contributed by atoms with Crippen molar-refractivity contribution in [1.82, 2.24) is 10.0 Å². The van der Waals surface area contributed by atoms with Crippen LogP contribution in [0, 0.1) is 0 Å². The summed E-state index contributed by atoms with van der Waals surface area (Å²) in [6, 6.07) is 6.88. The average molecular weight is 272 g/mol. The van der Waals surface area contributed by atoms with E-state index in [2.05, 4.69) is 10.0 Å². The maximum absolute atomic E-state index is 12.0. The summed E-state index contributed by atoms with van der Waals surface area (Å²) in [6.45, 7) is 3.76. The zero-order valence-electron chi connectivity index (χ0n) is 10.8. The summed E-state index contributed by atoms with van der Waals surface area (Å²) < 4.78 is 31.5. The Balaban J connectivity index is 2.69. The Morgan fingerprint density at radius 1 is 1.33 bits per heavy atom. The lowest BCUT2D eigenvalue weighted by molar-refractivity contribution is 0.153. The fraction of sp³-hybridized carbons (Fsp3) is 0.500. The van der Waals surface area contributed by atoms with Gasteiger partial charge in [-0.1, -0.05) is 12.1 Å². The van der Waals surface area contributed by atoms with E-state index in [0.717, 1.165) is 5.56 Å². The SMILES string of the molecule is CCOCCNS(=O)(=O)c1cccc(CNC)c1. The Bertz CT molecular complexity index is 460. The monoisotopic (exact) mass is 272 g/mol. The van der Waals surface area contributed by atoms with Gasteiger partial charge in [0, 0.05) is 19.7 Å². The number of sulfonamides is 1. The second-order valence-electron chi connectivity index (χ2n) is 3.77. The number of rotatable bonds is 8. The third kappa shape index (κ3) is 4.73. The number of nitrogens with one attached hydrogen (secondary N) is 2. The molecule has 0 amide bonds. The number of hydrogen-bond donors (Lipinski definition) is 2. The van der Waals surface area contributed by atoms with Crippen molar-refractivity contribution < 1.29 is 13.2 Å². The van der Waals surface area contributed by atoms with Crippen LogP contribution in [0.25, 0.3) is 0 Å². The van der Waals surface area contributed by atoms with Gasteiger partial charge in [-0.25, -0.2) is 13.1 Å². The van der Waals surface area contributed by atoms with Crippen LogP contribution in [0.1, 0.15) is 12.5 Å². The van der Waals surface area contributed by atoms with Crippen LogP contribution < -0.4 is 10.0 Å². The maximum atomic E-state index is 12.0. The Labute approximate surface area is 109 Å². The Morgan fingerprint density at radius 2 is 2.11 bits per heavy atom. The highest BCUT2D eigenvalue weighted by atomic mass is 32.2. The van der Waals surface area contributed by atoms with Crippen molar-refractivity contribution in [3.8, 4) is 0 Å². The lowest BCUT2D eigenvalue weighted by atomic mass is 10.2. The zero-order valence-corrected chi connectivity index (χ0v) is 11.6. The molecule has 18 heavy (non-hydrogen) atoms. The van der Waals surface area contributed by atoms with E-state index in [-0.39, 0.29) is 11.4 Å². The van der Waals surface area contributed by atoms with Crippen LogP contribution in [0.5, 0.6) is 0 Å². The van der Waals surface area contributed by atoms with Crippen LogP contribution in [0.3, 0.4) is 0 Å². The molecule has 1 aromatic rings. The highest BCUT2D eigenvalue weighted by Crippen LogP contribution is 2.11. The third-order valence-electron chi connectivity index (χ3n) is 2.33. The van der Waals surface area contributed by atoms with Crippen molar-refractivity contribution in [3.05, 3.63) is 29.8 Å². The summed E-state index contributed by atoms with van der Waals surface area (Å²) >= 11 is 0. The molecular weight excluding hydrogens is 252 g/mol.